The van der Waals surface area contributed by atoms with E-state index in [4.69, 9.17) is 0 Å². The molecule has 1 aliphatic heterocycles. The molecule has 1 aliphatic rings. The molecule has 1 fully saturated rings. The van der Waals surface area contributed by atoms with Gasteiger partial charge >= 0.3 is 0 Å². The van der Waals surface area contributed by atoms with Crippen molar-refractivity contribution >= 4 is 27.5 Å². The van der Waals surface area contributed by atoms with Crippen molar-refractivity contribution in [1.29, 1.82) is 0 Å². The van der Waals surface area contributed by atoms with Crippen molar-refractivity contribution < 1.29 is 9.18 Å². The second-order valence-corrected chi connectivity index (χ2v) is 7.58. The molecule has 3 aromatic rings. The van der Waals surface area contributed by atoms with E-state index in [1.165, 1.54) is 29.9 Å². The Bertz CT molecular complexity index is 907. The first kappa shape index (κ1) is 16.3. The van der Waals surface area contributed by atoms with E-state index in [2.05, 4.69) is 5.10 Å². The number of piperidine rings is 1. The minimum Gasteiger partial charge on any atom is -0.338 e. The Morgan fingerprint density at radius 3 is 2.64 bits per heavy atom. The maximum Gasteiger partial charge on any atom is 0.264 e. The van der Waals surface area contributed by atoms with E-state index in [-0.39, 0.29) is 11.7 Å². The first-order valence-electron chi connectivity index (χ1n) is 8.62. The highest BCUT2D eigenvalue weighted by Gasteiger charge is 2.22. The number of aryl methyl sites for hydroxylation is 1. The largest absolute Gasteiger partial charge is 0.338 e. The maximum atomic E-state index is 13.1. The summed E-state index contributed by atoms with van der Waals surface area (Å²) in [4.78, 5) is 16.5. The van der Waals surface area contributed by atoms with E-state index in [1.54, 1.807) is 12.1 Å². The van der Waals surface area contributed by atoms with Crippen molar-refractivity contribution in [3.8, 4) is 0 Å². The third-order valence-electron chi connectivity index (χ3n) is 4.71. The number of hydrogen-bond acceptors (Lipinski definition) is 3. The minimum absolute atomic E-state index is 0.133. The molecule has 0 atom stereocenters. The summed E-state index contributed by atoms with van der Waals surface area (Å²) in [5, 5.41) is 5.62. The summed E-state index contributed by atoms with van der Waals surface area (Å²) in [6, 6.07) is 8.43. The zero-order chi connectivity index (χ0) is 17.4. The Morgan fingerprint density at radius 1 is 1.20 bits per heavy atom. The molecule has 130 valence electrons. The van der Waals surface area contributed by atoms with Gasteiger partial charge in [-0.25, -0.2) is 4.39 Å². The Morgan fingerprint density at radius 2 is 1.92 bits per heavy atom. The number of amides is 1. The molecule has 4 nitrogen and oxygen atoms in total. The maximum absolute atomic E-state index is 13.1. The third kappa shape index (κ3) is 3.18. The lowest BCUT2D eigenvalue weighted by Gasteiger charge is -2.26. The summed E-state index contributed by atoms with van der Waals surface area (Å²) >= 11 is 1.50. The van der Waals surface area contributed by atoms with Crippen molar-refractivity contribution in [1.82, 2.24) is 14.7 Å². The second-order valence-electron chi connectivity index (χ2n) is 6.55. The van der Waals surface area contributed by atoms with Gasteiger partial charge in [0.15, 0.2) is 0 Å². The van der Waals surface area contributed by atoms with Gasteiger partial charge in [0.25, 0.3) is 5.91 Å². The molecule has 3 heterocycles. The highest BCUT2D eigenvalue weighted by molar-refractivity contribution is 7.20. The standard InChI is InChI=1S/C19H20FN3OS/c1-13-16-11-17(18(24)22-9-3-2-4-10-22)25-19(16)23(21-13)12-14-5-7-15(20)8-6-14/h5-8,11H,2-4,9-10,12H2,1H3. The number of aromatic nitrogens is 2. The average Bonchev–Trinajstić information content (AvgIpc) is 3.19. The van der Waals surface area contributed by atoms with E-state index in [0.29, 0.717) is 6.54 Å². The van der Waals surface area contributed by atoms with Crippen LogP contribution in [-0.2, 0) is 6.54 Å². The van der Waals surface area contributed by atoms with Crippen LogP contribution in [-0.4, -0.2) is 33.7 Å². The van der Waals surface area contributed by atoms with E-state index in [0.717, 1.165) is 52.3 Å². The fourth-order valence-electron chi connectivity index (χ4n) is 3.34. The molecule has 0 saturated carbocycles. The van der Waals surface area contributed by atoms with Crippen LogP contribution < -0.4 is 0 Å². The molecule has 0 spiro atoms. The number of fused-ring (bicyclic) bond motifs is 1. The molecule has 1 amide bonds. The third-order valence-corrected chi connectivity index (χ3v) is 5.84. The van der Waals surface area contributed by atoms with Crippen LogP contribution in [0.25, 0.3) is 10.2 Å². The highest BCUT2D eigenvalue weighted by atomic mass is 32.1. The zero-order valence-corrected chi connectivity index (χ0v) is 15.0. The van der Waals surface area contributed by atoms with Gasteiger partial charge in [0, 0.05) is 18.5 Å². The molecule has 2 aromatic heterocycles. The van der Waals surface area contributed by atoms with Crippen LogP contribution in [0.4, 0.5) is 4.39 Å². The molecule has 0 aliphatic carbocycles. The molecule has 0 N–H and O–H groups in total. The van der Waals surface area contributed by atoms with Crippen LogP contribution in [0.1, 0.15) is 40.2 Å². The van der Waals surface area contributed by atoms with Crippen molar-refractivity contribution in [2.75, 3.05) is 13.1 Å². The van der Waals surface area contributed by atoms with Gasteiger partial charge in [-0.2, -0.15) is 5.10 Å². The number of likely N-dealkylation sites (tertiary alicyclic amines) is 1. The number of thiophene rings is 1. The summed E-state index contributed by atoms with van der Waals surface area (Å²) in [5.41, 5.74) is 1.91. The Hall–Kier alpha value is -2.21. The van der Waals surface area contributed by atoms with Crippen LogP contribution in [0.5, 0.6) is 0 Å². The summed E-state index contributed by atoms with van der Waals surface area (Å²) < 4.78 is 15.0. The van der Waals surface area contributed by atoms with Crippen LogP contribution in [0.15, 0.2) is 30.3 Å². The van der Waals surface area contributed by atoms with Crippen LogP contribution in [0.2, 0.25) is 0 Å². The van der Waals surface area contributed by atoms with Crippen LogP contribution >= 0.6 is 11.3 Å². The van der Waals surface area contributed by atoms with Gasteiger partial charge < -0.3 is 4.90 Å². The predicted octanol–water partition coefficient (Wildman–Crippen LogP) is 4.22. The second kappa shape index (κ2) is 6.59. The predicted molar refractivity (Wildman–Crippen MR) is 97.6 cm³/mol. The van der Waals surface area contributed by atoms with Gasteiger partial charge in [-0.3, -0.25) is 9.48 Å². The van der Waals surface area contributed by atoms with Crippen molar-refractivity contribution in [2.45, 2.75) is 32.7 Å². The zero-order valence-electron chi connectivity index (χ0n) is 14.2. The van der Waals surface area contributed by atoms with Crippen molar-refractivity contribution in [2.24, 2.45) is 0 Å². The molecule has 6 heteroatoms. The van der Waals surface area contributed by atoms with Gasteiger partial charge in [-0.1, -0.05) is 12.1 Å². The number of halogens is 1. The van der Waals surface area contributed by atoms with Gasteiger partial charge in [-0.05, 0) is 49.9 Å². The number of rotatable bonds is 3. The van der Waals surface area contributed by atoms with Crippen molar-refractivity contribution in [3.63, 3.8) is 0 Å². The molecule has 25 heavy (non-hydrogen) atoms. The van der Waals surface area contributed by atoms with Gasteiger partial charge in [-0.15, -0.1) is 11.3 Å². The monoisotopic (exact) mass is 357 g/mol. The number of carbonyl (C=O) groups is 1. The number of hydrogen-bond donors (Lipinski definition) is 0. The Balaban J connectivity index is 1.64. The fraction of sp³-hybridized carbons (Fsp3) is 0.368. The van der Waals surface area contributed by atoms with Crippen LogP contribution in [0.3, 0.4) is 0 Å². The lowest BCUT2D eigenvalue weighted by atomic mass is 10.1. The first-order valence-corrected chi connectivity index (χ1v) is 9.44. The number of nitrogens with zero attached hydrogens (tertiary/aromatic N) is 3. The summed E-state index contributed by atoms with van der Waals surface area (Å²) in [6.07, 6.45) is 3.39. The Labute approximate surface area is 149 Å². The van der Waals surface area contributed by atoms with Gasteiger partial charge in [0.05, 0.1) is 17.1 Å². The highest BCUT2D eigenvalue weighted by Crippen LogP contribution is 2.30. The smallest absolute Gasteiger partial charge is 0.264 e. The average molecular weight is 357 g/mol. The fourth-order valence-corrected chi connectivity index (χ4v) is 4.47. The number of benzene rings is 1. The first-order chi connectivity index (χ1) is 12.1. The van der Waals surface area contributed by atoms with E-state index in [1.807, 2.05) is 22.6 Å². The van der Waals surface area contributed by atoms with Crippen LogP contribution in [0, 0.1) is 12.7 Å². The normalized spacial score (nSPS) is 15.0. The van der Waals surface area contributed by atoms with Gasteiger partial charge in [0.1, 0.15) is 10.6 Å². The van der Waals surface area contributed by atoms with E-state index in [9.17, 15) is 9.18 Å². The summed E-state index contributed by atoms with van der Waals surface area (Å²) in [7, 11) is 0. The molecular formula is C19H20FN3OS. The minimum atomic E-state index is -0.240. The molecular weight excluding hydrogens is 337 g/mol. The quantitative estimate of drug-likeness (QED) is 0.704. The molecule has 1 saturated heterocycles. The molecule has 0 unspecified atom stereocenters. The Kier molecular flexibility index (Phi) is 4.29. The molecule has 0 bridgehead atoms. The lowest BCUT2D eigenvalue weighted by Crippen LogP contribution is -2.35. The molecule has 1 aromatic carbocycles. The molecule has 0 radical (unpaired) electrons. The van der Waals surface area contributed by atoms with Crippen molar-refractivity contribution in [3.05, 3.63) is 52.3 Å². The summed E-state index contributed by atoms with van der Waals surface area (Å²) in [5.74, 6) is -0.107. The number of carbonyl (C=O) groups excluding carboxylic acids is 1. The van der Waals surface area contributed by atoms with E-state index < -0.39 is 0 Å². The van der Waals surface area contributed by atoms with Gasteiger partial charge in [0.2, 0.25) is 0 Å². The SMILES string of the molecule is Cc1nn(Cc2ccc(F)cc2)c2sc(C(=O)N3CCCCC3)cc12. The molecule has 4 rings (SSSR count). The summed E-state index contributed by atoms with van der Waals surface area (Å²) in [6.45, 7) is 4.25. The lowest BCUT2D eigenvalue weighted by molar-refractivity contribution is 0.0729. The van der Waals surface area contributed by atoms with E-state index >= 15 is 0 Å². The topological polar surface area (TPSA) is 38.1 Å².